The Hall–Kier alpha value is -1.14. The summed E-state index contributed by atoms with van der Waals surface area (Å²) in [5.41, 5.74) is 0.229. The molecule has 0 aliphatic heterocycles. The Morgan fingerprint density at radius 2 is 0.943 bits per heavy atom. The van der Waals surface area contributed by atoms with E-state index in [-0.39, 0.29) is 24.0 Å². The van der Waals surface area contributed by atoms with Crippen LogP contribution in [0.2, 0.25) is 0 Å². The van der Waals surface area contributed by atoms with Gasteiger partial charge in [0, 0.05) is 19.4 Å². The summed E-state index contributed by atoms with van der Waals surface area (Å²) >= 11 is 0. The van der Waals surface area contributed by atoms with Gasteiger partial charge in [0.15, 0.2) is 0 Å². The van der Waals surface area contributed by atoms with E-state index in [0.29, 0.717) is 32.0 Å². The summed E-state index contributed by atoms with van der Waals surface area (Å²) < 4.78 is 11.2. The summed E-state index contributed by atoms with van der Waals surface area (Å²) in [6.45, 7) is 15.6. The lowest BCUT2D eigenvalue weighted by molar-refractivity contribution is -0.145. The van der Waals surface area contributed by atoms with Gasteiger partial charge in [0.1, 0.15) is 0 Å². The number of esters is 2. The molecule has 0 aromatic carbocycles. The number of unbranched alkanes of at least 4 members (excludes halogenated alkanes) is 20. The highest BCUT2D eigenvalue weighted by molar-refractivity contribution is 5.69. The summed E-state index contributed by atoms with van der Waals surface area (Å²) in [5, 5.41) is 9.65. The van der Waals surface area contributed by atoms with Crippen LogP contribution in [0, 0.1) is 11.3 Å². The van der Waals surface area contributed by atoms with Crippen molar-refractivity contribution in [1.29, 1.82) is 0 Å². The number of aliphatic hydroxyl groups is 1. The largest absolute Gasteiger partial charge is 0.466 e. The first kappa shape index (κ1) is 51.9. The molecule has 0 aromatic rings. The molecule has 0 radical (unpaired) electrons. The van der Waals surface area contributed by atoms with Crippen molar-refractivity contribution in [2.75, 3.05) is 39.5 Å². The molecule has 6 nitrogen and oxygen atoms in total. The minimum Gasteiger partial charge on any atom is -0.466 e. The first-order valence-corrected chi connectivity index (χ1v) is 23.4. The lowest BCUT2D eigenvalue weighted by atomic mass is 9.83. The van der Waals surface area contributed by atoms with Crippen LogP contribution in [0.4, 0.5) is 0 Å². The van der Waals surface area contributed by atoms with Gasteiger partial charge in [0.05, 0.1) is 19.8 Å². The van der Waals surface area contributed by atoms with E-state index in [4.69, 9.17) is 9.47 Å². The van der Waals surface area contributed by atoms with E-state index in [1.165, 1.54) is 116 Å². The van der Waals surface area contributed by atoms with Gasteiger partial charge < -0.3 is 19.5 Å². The molecule has 0 atom stereocenters. The van der Waals surface area contributed by atoms with Crippen LogP contribution in [0.1, 0.15) is 240 Å². The van der Waals surface area contributed by atoms with E-state index in [0.717, 1.165) is 96.7 Å². The summed E-state index contributed by atoms with van der Waals surface area (Å²) in [6, 6.07) is 0. The number of carbonyl (C=O) groups excluding carboxylic acids is 2. The first-order chi connectivity index (χ1) is 25.8. The average Bonchev–Trinajstić information content (AvgIpc) is 3.13. The number of nitrogens with zero attached hydrogens (tertiary/aromatic N) is 1. The zero-order chi connectivity index (χ0) is 39.1. The number of hydrogen-bond donors (Lipinski definition) is 1. The number of aliphatic hydroxyl groups excluding tert-OH is 1. The highest BCUT2D eigenvalue weighted by atomic mass is 16.5. The van der Waals surface area contributed by atoms with E-state index >= 15 is 0 Å². The summed E-state index contributed by atoms with van der Waals surface area (Å²) in [5.74, 6) is 0.666. The number of ether oxygens (including phenoxy) is 2. The average molecular weight is 752 g/mol. The fraction of sp³-hybridized carbons (Fsp3) is 0.957. The molecule has 6 heteroatoms. The topological polar surface area (TPSA) is 76.1 Å². The zero-order valence-electron chi connectivity index (χ0n) is 36.5. The molecule has 53 heavy (non-hydrogen) atoms. The highest BCUT2D eigenvalue weighted by Gasteiger charge is 2.19. The molecule has 0 spiro atoms. The first-order valence-electron chi connectivity index (χ1n) is 23.4. The van der Waals surface area contributed by atoms with E-state index < -0.39 is 0 Å². The standard InChI is InChI=1S/C47H93NO5/c1-6-9-12-15-16-17-21-26-33-45(50)52-42-30-28-36-47(4,5)37-39-48(40-41-49)38-29-23-18-22-27-34-46(51)53-43-35-44(31-24-19-13-10-7-2)32-25-20-14-11-8-3/h44,49H,6-43H2,1-5H3. The van der Waals surface area contributed by atoms with Crippen molar-refractivity contribution in [2.45, 2.75) is 240 Å². The van der Waals surface area contributed by atoms with Crippen molar-refractivity contribution in [3.05, 3.63) is 0 Å². The lowest BCUT2D eigenvalue weighted by Crippen LogP contribution is -2.32. The van der Waals surface area contributed by atoms with E-state index in [1.54, 1.807) is 0 Å². The minimum atomic E-state index is -0.0293. The van der Waals surface area contributed by atoms with E-state index in [2.05, 4.69) is 39.5 Å². The molecule has 0 fully saturated rings. The van der Waals surface area contributed by atoms with Crippen LogP contribution in [0.5, 0.6) is 0 Å². The molecule has 0 amide bonds. The smallest absolute Gasteiger partial charge is 0.305 e. The molecule has 0 unspecified atom stereocenters. The van der Waals surface area contributed by atoms with Crippen molar-refractivity contribution in [3.8, 4) is 0 Å². The fourth-order valence-electron chi connectivity index (χ4n) is 7.48. The van der Waals surface area contributed by atoms with Crippen LogP contribution in [0.15, 0.2) is 0 Å². The fourth-order valence-corrected chi connectivity index (χ4v) is 7.48. The lowest BCUT2D eigenvalue weighted by Gasteiger charge is -2.29. The Kier molecular flexibility index (Phi) is 38.3. The van der Waals surface area contributed by atoms with Crippen molar-refractivity contribution >= 4 is 11.9 Å². The second-order valence-corrected chi connectivity index (χ2v) is 17.2. The number of carbonyl (C=O) groups is 2. The van der Waals surface area contributed by atoms with Crippen molar-refractivity contribution in [1.82, 2.24) is 4.90 Å². The van der Waals surface area contributed by atoms with Gasteiger partial charge in [-0.05, 0) is 75.8 Å². The number of rotatable bonds is 42. The molecular weight excluding hydrogens is 659 g/mol. The van der Waals surface area contributed by atoms with Gasteiger partial charge in [0.2, 0.25) is 0 Å². The molecule has 0 saturated carbocycles. The predicted molar refractivity (Wildman–Crippen MR) is 227 cm³/mol. The van der Waals surface area contributed by atoms with Gasteiger partial charge in [-0.15, -0.1) is 0 Å². The number of hydrogen-bond acceptors (Lipinski definition) is 6. The van der Waals surface area contributed by atoms with Gasteiger partial charge >= 0.3 is 11.9 Å². The quantitative estimate of drug-likeness (QED) is 0.0494. The molecule has 0 saturated heterocycles. The Morgan fingerprint density at radius 3 is 1.45 bits per heavy atom. The Morgan fingerprint density at radius 1 is 0.491 bits per heavy atom. The van der Waals surface area contributed by atoms with Crippen LogP contribution in [0.25, 0.3) is 0 Å². The van der Waals surface area contributed by atoms with Gasteiger partial charge in [-0.25, -0.2) is 0 Å². The van der Waals surface area contributed by atoms with Crippen LogP contribution >= 0.6 is 0 Å². The van der Waals surface area contributed by atoms with Crippen molar-refractivity contribution < 1.29 is 24.2 Å². The van der Waals surface area contributed by atoms with Gasteiger partial charge in [-0.3, -0.25) is 9.59 Å². The third-order valence-corrected chi connectivity index (χ3v) is 11.3. The van der Waals surface area contributed by atoms with Gasteiger partial charge in [-0.1, -0.05) is 176 Å². The molecule has 0 heterocycles. The third-order valence-electron chi connectivity index (χ3n) is 11.3. The molecule has 0 aromatic heterocycles. The second kappa shape index (κ2) is 39.1. The van der Waals surface area contributed by atoms with E-state index in [1.807, 2.05) is 0 Å². The maximum absolute atomic E-state index is 12.4. The van der Waals surface area contributed by atoms with Crippen LogP contribution in [-0.2, 0) is 19.1 Å². The van der Waals surface area contributed by atoms with E-state index in [9.17, 15) is 14.7 Å². The zero-order valence-corrected chi connectivity index (χ0v) is 36.5. The molecule has 0 bridgehead atoms. The van der Waals surface area contributed by atoms with Crippen LogP contribution in [-0.4, -0.2) is 61.4 Å². The minimum absolute atomic E-state index is 0.0125. The van der Waals surface area contributed by atoms with Crippen molar-refractivity contribution in [2.24, 2.45) is 11.3 Å². The molecule has 0 aliphatic rings. The molecular formula is C47H93NO5. The Labute approximate surface area is 331 Å². The monoisotopic (exact) mass is 752 g/mol. The summed E-state index contributed by atoms with van der Waals surface area (Å²) in [4.78, 5) is 26.9. The highest BCUT2D eigenvalue weighted by Crippen LogP contribution is 2.28. The summed E-state index contributed by atoms with van der Waals surface area (Å²) in [6.07, 6.45) is 37.7. The third kappa shape index (κ3) is 37.6. The summed E-state index contributed by atoms with van der Waals surface area (Å²) in [7, 11) is 0. The second-order valence-electron chi connectivity index (χ2n) is 17.2. The maximum Gasteiger partial charge on any atom is 0.305 e. The normalized spacial score (nSPS) is 11.9. The molecule has 1 N–H and O–H groups in total. The maximum atomic E-state index is 12.4. The molecule has 0 rings (SSSR count). The van der Waals surface area contributed by atoms with Gasteiger partial charge in [0.25, 0.3) is 0 Å². The SMILES string of the molecule is CCCCCCCCCCC(=O)OCCCCC(C)(C)CCN(CCO)CCCCCCCC(=O)OCCC(CCCCCCC)CCCCCCC. The molecule has 316 valence electrons. The van der Waals surface area contributed by atoms with Crippen LogP contribution < -0.4 is 0 Å². The molecule has 0 aliphatic carbocycles. The predicted octanol–water partition coefficient (Wildman–Crippen LogP) is 13.6. The van der Waals surface area contributed by atoms with Crippen molar-refractivity contribution in [3.63, 3.8) is 0 Å². The Balaban J connectivity index is 4.02. The Bertz CT molecular complexity index is 773. The van der Waals surface area contributed by atoms with Gasteiger partial charge in [-0.2, -0.15) is 0 Å². The van der Waals surface area contributed by atoms with Crippen LogP contribution in [0.3, 0.4) is 0 Å².